The van der Waals surface area contributed by atoms with Crippen molar-refractivity contribution in [1.82, 2.24) is 19.6 Å². The normalized spacial score (nSPS) is 30.5. The lowest BCUT2D eigenvalue weighted by atomic mass is 9.70. The number of aromatic nitrogens is 2. The quantitative estimate of drug-likeness (QED) is 0.127. The van der Waals surface area contributed by atoms with Gasteiger partial charge in [0, 0.05) is 42.1 Å². The number of carbonyl (C=O) groups excluding carboxylic acids is 4. The standard InChI is InChI=1S/C22H28N8O6S2/c1-2-36-27-12(15-26-21(24)38-28-15)16(31)25-13-17(32)29-14(19(33)34)11(10-37-18(13)29)9-30-6-3-22(4-7-30,5-8-30)20(23)35/h13,18H,2-10H2,1H3,(H5-,23,24,25,26,28,31,33,34,35)/b27-12-/t13-,18-,22?,30?/m1/s1. The number of nitrogen functional groups attached to an aromatic ring is 1. The van der Waals surface area contributed by atoms with Crippen LogP contribution in [-0.2, 0) is 24.0 Å². The number of carbonyl (C=O) groups is 4. The maximum atomic E-state index is 13.1. The number of quaternary nitrogens is 1. The van der Waals surface area contributed by atoms with E-state index in [-0.39, 0.29) is 34.9 Å². The average Bonchev–Trinajstić information content (AvgIpc) is 3.33. The van der Waals surface area contributed by atoms with E-state index >= 15 is 0 Å². The second-order valence-corrected chi connectivity index (χ2v) is 11.9. The van der Waals surface area contributed by atoms with Crippen molar-refractivity contribution in [2.75, 3.05) is 44.3 Å². The molecular formula is C22H28N8O6S2. The summed E-state index contributed by atoms with van der Waals surface area (Å²) < 4.78 is 4.65. The first-order valence-electron chi connectivity index (χ1n) is 12.2. The number of anilines is 1. The molecule has 0 aliphatic carbocycles. The Kier molecular flexibility index (Phi) is 6.81. The molecule has 4 saturated heterocycles. The van der Waals surface area contributed by atoms with Gasteiger partial charge in [0.2, 0.25) is 17.4 Å². The summed E-state index contributed by atoms with van der Waals surface area (Å²) in [4.78, 5) is 60.5. The summed E-state index contributed by atoms with van der Waals surface area (Å²) in [5.74, 6) is -2.65. The van der Waals surface area contributed by atoms with Crippen LogP contribution in [0.25, 0.3) is 0 Å². The number of nitrogens with one attached hydrogen (secondary N) is 1. The Morgan fingerprint density at radius 1 is 1.29 bits per heavy atom. The van der Waals surface area contributed by atoms with E-state index in [2.05, 4.69) is 19.8 Å². The number of piperidine rings is 3. The lowest BCUT2D eigenvalue weighted by Gasteiger charge is -2.55. The number of aliphatic carboxylic acids is 1. The molecule has 1 aromatic heterocycles. The van der Waals surface area contributed by atoms with Gasteiger partial charge in [0.15, 0.2) is 5.13 Å². The number of thioether (sulfide) groups is 1. The minimum absolute atomic E-state index is 0.0340. The molecule has 6 rings (SSSR count). The van der Waals surface area contributed by atoms with Gasteiger partial charge in [0.1, 0.15) is 24.6 Å². The summed E-state index contributed by atoms with van der Waals surface area (Å²) in [6, 6.07) is -0.973. The highest BCUT2D eigenvalue weighted by Crippen LogP contribution is 2.46. The van der Waals surface area contributed by atoms with Gasteiger partial charge in [-0.15, -0.1) is 11.8 Å². The van der Waals surface area contributed by atoms with Crippen molar-refractivity contribution in [3.63, 3.8) is 0 Å². The third kappa shape index (κ3) is 4.39. The number of amides is 3. The molecule has 3 amide bonds. The Balaban J connectivity index is 1.32. The smallest absolute Gasteiger partial charge is 0.278 e. The third-order valence-corrected chi connectivity index (χ3v) is 9.81. The van der Waals surface area contributed by atoms with Gasteiger partial charge in [-0.3, -0.25) is 19.3 Å². The highest BCUT2D eigenvalue weighted by Gasteiger charge is 2.56. The van der Waals surface area contributed by atoms with Crippen LogP contribution in [0.1, 0.15) is 32.0 Å². The number of carboxylic acids is 1. The molecule has 5 aliphatic heterocycles. The van der Waals surface area contributed by atoms with Gasteiger partial charge < -0.3 is 36.0 Å². The second kappa shape index (κ2) is 9.81. The fraction of sp³-hybridized carbons (Fsp3) is 0.591. The van der Waals surface area contributed by atoms with Gasteiger partial charge in [0.05, 0.1) is 36.7 Å². The van der Waals surface area contributed by atoms with Gasteiger partial charge >= 0.3 is 0 Å². The summed E-state index contributed by atoms with van der Waals surface area (Å²) in [7, 11) is 0. The van der Waals surface area contributed by atoms with Crippen LogP contribution in [0.4, 0.5) is 5.13 Å². The monoisotopic (exact) mass is 564 g/mol. The lowest BCUT2D eigenvalue weighted by molar-refractivity contribution is -0.940. The van der Waals surface area contributed by atoms with Crippen LogP contribution in [0.15, 0.2) is 16.4 Å². The molecule has 0 radical (unpaired) electrons. The van der Waals surface area contributed by atoms with E-state index in [0.29, 0.717) is 41.6 Å². The molecule has 14 nitrogen and oxygen atoms in total. The van der Waals surface area contributed by atoms with E-state index in [0.717, 1.165) is 31.2 Å². The van der Waals surface area contributed by atoms with Crippen LogP contribution in [-0.4, -0.2) is 98.1 Å². The van der Waals surface area contributed by atoms with E-state index in [9.17, 15) is 24.3 Å². The summed E-state index contributed by atoms with van der Waals surface area (Å²) in [6.45, 7) is 4.52. The SMILES string of the molecule is CCO/N=C(\C(=O)N[C@@H]1C(=O)N2C(C(=O)[O-])=C(C[N+]34CCC(C(N)=O)(CC3)CC4)CS[C@H]12)c1nsc(N)n1. The van der Waals surface area contributed by atoms with E-state index < -0.39 is 34.6 Å². The highest BCUT2D eigenvalue weighted by molar-refractivity contribution is 8.00. The van der Waals surface area contributed by atoms with Crippen LogP contribution >= 0.6 is 23.3 Å². The summed E-state index contributed by atoms with van der Waals surface area (Å²) in [5, 5.41) is 18.2. The number of rotatable bonds is 9. The fourth-order valence-corrected chi connectivity index (χ4v) is 7.49. The van der Waals surface area contributed by atoms with Crippen molar-refractivity contribution in [2.45, 2.75) is 37.6 Å². The van der Waals surface area contributed by atoms with Crippen LogP contribution in [0, 0.1) is 5.41 Å². The molecule has 16 heteroatoms. The van der Waals surface area contributed by atoms with Crippen molar-refractivity contribution >= 4 is 57.8 Å². The lowest BCUT2D eigenvalue weighted by Crippen LogP contribution is -2.72. The predicted octanol–water partition coefficient (Wildman–Crippen LogP) is -2.25. The molecule has 2 atom stereocenters. The van der Waals surface area contributed by atoms with Crippen LogP contribution in [0.3, 0.4) is 0 Å². The molecule has 5 aliphatic rings. The Labute approximate surface area is 226 Å². The highest BCUT2D eigenvalue weighted by atomic mass is 32.2. The van der Waals surface area contributed by atoms with Crippen molar-refractivity contribution in [3.8, 4) is 0 Å². The zero-order valence-electron chi connectivity index (χ0n) is 20.7. The Morgan fingerprint density at radius 3 is 2.53 bits per heavy atom. The topological polar surface area (TPSA) is 206 Å². The number of oxime groups is 1. The van der Waals surface area contributed by atoms with Gasteiger partial charge in [-0.1, -0.05) is 5.16 Å². The van der Waals surface area contributed by atoms with Gasteiger partial charge in [-0.2, -0.15) is 9.36 Å². The summed E-state index contributed by atoms with van der Waals surface area (Å²) in [6.07, 6.45) is 2.02. The third-order valence-electron chi connectivity index (χ3n) is 7.92. The first-order valence-corrected chi connectivity index (χ1v) is 14.1. The average molecular weight is 565 g/mol. The fourth-order valence-electron chi connectivity index (χ4n) is 5.72. The molecule has 1 aromatic rings. The Bertz CT molecular complexity index is 1240. The zero-order valence-corrected chi connectivity index (χ0v) is 22.3. The first kappa shape index (κ1) is 26.4. The molecule has 0 saturated carbocycles. The van der Waals surface area contributed by atoms with Gasteiger partial charge in [-0.25, -0.2) is 0 Å². The van der Waals surface area contributed by atoms with Crippen LogP contribution in [0.2, 0.25) is 0 Å². The van der Waals surface area contributed by atoms with Crippen molar-refractivity contribution in [1.29, 1.82) is 0 Å². The molecule has 38 heavy (non-hydrogen) atoms. The Morgan fingerprint density at radius 2 is 1.97 bits per heavy atom. The van der Waals surface area contributed by atoms with E-state index in [4.69, 9.17) is 16.3 Å². The minimum Gasteiger partial charge on any atom is -0.543 e. The molecule has 0 aromatic carbocycles. The van der Waals surface area contributed by atoms with Crippen molar-refractivity contribution < 1.29 is 33.6 Å². The maximum Gasteiger partial charge on any atom is 0.278 e. The van der Waals surface area contributed by atoms with Crippen LogP contribution < -0.4 is 21.9 Å². The van der Waals surface area contributed by atoms with Crippen LogP contribution in [0.5, 0.6) is 0 Å². The summed E-state index contributed by atoms with van der Waals surface area (Å²) in [5.41, 5.74) is 11.1. The largest absolute Gasteiger partial charge is 0.543 e. The predicted molar refractivity (Wildman–Crippen MR) is 135 cm³/mol. The van der Waals surface area contributed by atoms with Gasteiger partial charge in [0.25, 0.3) is 11.8 Å². The number of fused-ring (bicyclic) bond motifs is 4. The maximum absolute atomic E-state index is 13.1. The minimum atomic E-state index is -1.43. The molecular weight excluding hydrogens is 536 g/mol. The number of nitrogens with two attached hydrogens (primary N) is 2. The number of nitrogens with zero attached hydrogens (tertiary/aromatic N) is 5. The van der Waals surface area contributed by atoms with E-state index in [1.165, 1.54) is 16.7 Å². The number of hydrogen-bond acceptors (Lipinski definition) is 12. The van der Waals surface area contributed by atoms with Crippen molar-refractivity contribution in [3.05, 3.63) is 17.1 Å². The summed E-state index contributed by atoms with van der Waals surface area (Å²) >= 11 is 2.26. The molecule has 204 valence electrons. The first-order chi connectivity index (χ1) is 18.1. The number of primary amides is 1. The molecule has 0 spiro atoms. The molecule has 4 fully saturated rings. The Hall–Kier alpha value is -3.24. The zero-order chi connectivity index (χ0) is 27.2. The number of hydrogen-bond donors (Lipinski definition) is 3. The molecule has 5 N–H and O–H groups in total. The molecule has 6 heterocycles. The second-order valence-electron chi connectivity index (χ2n) is 9.98. The van der Waals surface area contributed by atoms with E-state index in [1.807, 2.05) is 0 Å². The van der Waals surface area contributed by atoms with Gasteiger partial charge in [-0.05, 0) is 6.92 Å². The number of carboxylic acid groups (broad SMARTS) is 1. The van der Waals surface area contributed by atoms with Crippen molar-refractivity contribution in [2.24, 2.45) is 16.3 Å². The number of β-lactam (4-membered cyclic amide) rings is 1. The molecule has 2 bridgehead atoms. The van der Waals surface area contributed by atoms with E-state index in [1.54, 1.807) is 6.92 Å². The molecule has 0 unspecified atom stereocenters.